The number of hydrogen-bond acceptors (Lipinski definition) is 5. The molecule has 4 N–H and O–H groups in total. The first-order chi connectivity index (χ1) is 7.56. The Morgan fingerprint density at radius 2 is 1.94 bits per heavy atom. The third-order valence-electron chi connectivity index (χ3n) is 1.51. The predicted octanol–water partition coefficient (Wildman–Crippen LogP) is -0.832. The van der Waals surface area contributed by atoms with Crippen LogP contribution >= 0.6 is 0 Å². The zero-order chi connectivity index (χ0) is 12.6. The van der Waals surface area contributed by atoms with Crippen molar-refractivity contribution in [3.63, 3.8) is 0 Å². The molecule has 0 spiro atoms. The maximum atomic E-state index is 13.0. The second-order valence-corrected chi connectivity index (χ2v) is 2.98. The number of nitrogens with zero attached hydrogens (tertiary/aromatic N) is 1. The van der Waals surface area contributed by atoms with Crippen LogP contribution in [0, 0.1) is 5.95 Å². The molecule has 16 heavy (non-hydrogen) atoms. The molecule has 1 heterocycles. The van der Waals surface area contributed by atoms with Crippen LogP contribution in [0.15, 0.2) is 12.1 Å². The van der Waals surface area contributed by atoms with Crippen LogP contribution in [-0.4, -0.2) is 42.8 Å². The van der Waals surface area contributed by atoms with Crippen molar-refractivity contribution in [3.05, 3.63) is 18.1 Å². The van der Waals surface area contributed by atoms with Gasteiger partial charge in [0.1, 0.15) is 5.82 Å². The molecule has 0 aliphatic rings. The van der Waals surface area contributed by atoms with Crippen LogP contribution in [0.1, 0.15) is 6.92 Å². The molecule has 0 radical (unpaired) electrons. The van der Waals surface area contributed by atoms with E-state index in [1.54, 1.807) is 0 Å². The Hall–Kier alpha value is -1.18. The molecule has 0 aliphatic heterocycles. The van der Waals surface area contributed by atoms with E-state index in [0.29, 0.717) is 12.4 Å². The number of nitrogens with one attached hydrogen (secondary N) is 2. The van der Waals surface area contributed by atoms with E-state index in [1.807, 2.05) is 21.0 Å². The SMILES string of the molecule is CCNc1ccc(B(O)O)c(F)n1.CNC. The van der Waals surface area contributed by atoms with Crippen LogP contribution in [-0.2, 0) is 0 Å². The summed E-state index contributed by atoms with van der Waals surface area (Å²) >= 11 is 0. The second-order valence-electron chi connectivity index (χ2n) is 2.98. The van der Waals surface area contributed by atoms with Crippen molar-refractivity contribution < 1.29 is 14.4 Å². The minimum atomic E-state index is -1.82. The zero-order valence-corrected chi connectivity index (χ0v) is 9.66. The molecule has 0 aromatic carbocycles. The molecule has 1 aromatic rings. The van der Waals surface area contributed by atoms with Crippen LogP contribution < -0.4 is 16.1 Å². The van der Waals surface area contributed by atoms with E-state index in [0.717, 1.165) is 0 Å². The highest BCUT2D eigenvalue weighted by Crippen LogP contribution is 2.01. The monoisotopic (exact) mass is 229 g/mol. The first-order valence-electron chi connectivity index (χ1n) is 4.91. The van der Waals surface area contributed by atoms with Crippen molar-refractivity contribution in [3.8, 4) is 0 Å². The van der Waals surface area contributed by atoms with Gasteiger partial charge in [0, 0.05) is 12.0 Å². The Labute approximate surface area is 94.9 Å². The molecular formula is C9H17BFN3O2. The van der Waals surface area contributed by atoms with Gasteiger partial charge in [-0.3, -0.25) is 0 Å². The van der Waals surface area contributed by atoms with Crippen LogP contribution in [0.4, 0.5) is 10.2 Å². The molecule has 1 aromatic heterocycles. The van der Waals surface area contributed by atoms with Crippen molar-refractivity contribution in [1.82, 2.24) is 10.3 Å². The number of halogens is 1. The minimum Gasteiger partial charge on any atom is -0.423 e. The first kappa shape index (κ1) is 14.8. The molecule has 5 nitrogen and oxygen atoms in total. The predicted molar refractivity (Wildman–Crippen MR) is 63.2 cm³/mol. The molecule has 0 saturated heterocycles. The maximum absolute atomic E-state index is 13.0. The van der Waals surface area contributed by atoms with E-state index in [2.05, 4.69) is 15.6 Å². The summed E-state index contributed by atoms with van der Waals surface area (Å²) in [5.74, 6) is -0.488. The average Bonchev–Trinajstić information content (AvgIpc) is 2.18. The van der Waals surface area contributed by atoms with Gasteiger partial charge < -0.3 is 20.7 Å². The lowest BCUT2D eigenvalue weighted by Gasteiger charge is -2.04. The number of anilines is 1. The second kappa shape index (κ2) is 8.03. The van der Waals surface area contributed by atoms with Gasteiger partial charge >= 0.3 is 7.12 Å². The molecule has 7 heteroatoms. The van der Waals surface area contributed by atoms with Crippen molar-refractivity contribution in [1.29, 1.82) is 0 Å². The molecule has 90 valence electrons. The van der Waals surface area contributed by atoms with Crippen LogP contribution in [0.2, 0.25) is 0 Å². The van der Waals surface area contributed by atoms with Crippen molar-refractivity contribution in [2.24, 2.45) is 0 Å². The third kappa shape index (κ3) is 5.06. The van der Waals surface area contributed by atoms with Crippen molar-refractivity contribution >= 4 is 18.4 Å². The standard InChI is InChI=1S/C7H10BFN2O2.C2H7N/c1-2-10-6-4-3-5(8(12)13)7(9)11-6;1-3-2/h3-4,12-13H,2H2,1H3,(H,10,11);3H,1-2H3. The fourth-order valence-electron chi connectivity index (χ4n) is 0.917. The highest BCUT2D eigenvalue weighted by atomic mass is 19.1. The lowest BCUT2D eigenvalue weighted by Crippen LogP contribution is -2.33. The fourth-order valence-corrected chi connectivity index (χ4v) is 0.917. The normalized spacial score (nSPS) is 9.12. The topological polar surface area (TPSA) is 77.4 Å². The lowest BCUT2D eigenvalue weighted by molar-refractivity contribution is 0.422. The van der Waals surface area contributed by atoms with Gasteiger partial charge in [-0.15, -0.1) is 0 Å². The quantitative estimate of drug-likeness (QED) is 0.402. The molecule has 0 saturated carbocycles. The van der Waals surface area contributed by atoms with Gasteiger partial charge in [0.15, 0.2) is 0 Å². The Kier molecular flexibility index (Phi) is 7.44. The third-order valence-corrected chi connectivity index (χ3v) is 1.51. The average molecular weight is 229 g/mol. The van der Waals surface area contributed by atoms with E-state index in [9.17, 15) is 4.39 Å². The Balaban J connectivity index is 0.000000673. The van der Waals surface area contributed by atoms with Crippen LogP contribution in [0.25, 0.3) is 0 Å². The molecule has 0 aliphatic carbocycles. The van der Waals surface area contributed by atoms with Gasteiger partial charge in [-0.05, 0) is 27.1 Å². The fraction of sp³-hybridized carbons (Fsp3) is 0.444. The number of aromatic nitrogens is 1. The first-order valence-corrected chi connectivity index (χ1v) is 4.91. The summed E-state index contributed by atoms with van der Waals surface area (Å²) in [6, 6.07) is 2.77. The summed E-state index contributed by atoms with van der Waals surface area (Å²) in [6.07, 6.45) is 0. The van der Waals surface area contributed by atoms with Crippen LogP contribution in [0.5, 0.6) is 0 Å². The molecule has 1 rings (SSSR count). The van der Waals surface area contributed by atoms with Gasteiger partial charge in [0.2, 0.25) is 5.95 Å². The highest BCUT2D eigenvalue weighted by Gasteiger charge is 2.17. The van der Waals surface area contributed by atoms with E-state index in [-0.39, 0.29) is 5.46 Å². The molecule has 0 atom stereocenters. The smallest absolute Gasteiger partial charge is 0.423 e. The number of pyridine rings is 1. The van der Waals surface area contributed by atoms with E-state index < -0.39 is 13.1 Å². The Morgan fingerprint density at radius 3 is 2.31 bits per heavy atom. The molecule has 0 fully saturated rings. The molecule has 0 amide bonds. The molecule has 0 bridgehead atoms. The van der Waals surface area contributed by atoms with Gasteiger partial charge in [-0.2, -0.15) is 4.39 Å². The summed E-state index contributed by atoms with van der Waals surface area (Å²) in [5.41, 5.74) is -0.221. The summed E-state index contributed by atoms with van der Waals surface area (Å²) in [6.45, 7) is 2.49. The Bertz CT molecular complexity index is 313. The van der Waals surface area contributed by atoms with Gasteiger partial charge in [0.25, 0.3) is 0 Å². The maximum Gasteiger partial charge on any atom is 0.493 e. The van der Waals surface area contributed by atoms with Crippen molar-refractivity contribution in [2.75, 3.05) is 26.0 Å². The van der Waals surface area contributed by atoms with E-state index in [1.165, 1.54) is 12.1 Å². The summed E-state index contributed by atoms with van der Waals surface area (Å²) < 4.78 is 13.0. The van der Waals surface area contributed by atoms with Crippen LogP contribution in [0.3, 0.4) is 0 Å². The molecule has 0 unspecified atom stereocenters. The van der Waals surface area contributed by atoms with Gasteiger partial charge in [-0.25, -0.2) is 4.98 Å². The number of hydrogen-bond donors (Lipinski definition) is 4. The Morgan fingerprint density at radius 1 is 1.38 bits per heavy atom. The molecular weight excluding hydrogens is 212 g/mol. The minimum absolute atomic E-state index is 0.221. The lowest BCUT2D eigenvalue weighted by atomic mass is 9.81. The largest absolute Gasteiger partial charge is 0.493 e. The highest BCUT2D eigenvalue weighted by molar-refractivity contribution is 6.58. The summed E-state index contributed by atoms with van der Waals surface area (Å²) in [4.78, 5) is 3.49. The summed E-state index contributed by atoms with van der Waals surface area (Å²) in [5, 5.41) is 22.9. The van der Waals surface area contributed by atoms with Crippen molar-refractivity contribution in [2.45, 2.75) is 6.92 Å². The van der Waals surface area contributed by atoms with Gasteiger partial charge in [0.05, 0.1) is 0 Å². The van der Waals surface area contributed by atoms with Gasteiger partial charge in [-0.1, -0.05) is 6.07 Å². The zero-order valence-electron chi connectivity index (χ0n) is 9.66. The summed E-state index contributed by atoms with van der Waals surface area (Å²) in [7, 11) is 1.93. The van der Waals surface area contributed by atoms with E-state index in [4.69, 9.17) is 10.0 Å². The number of rotatable bonds is 3. The van der Waals surface area contributed by atoms with E-state index >= 15 is 0 Å².